The van der Waals surface area contributed by atoms with E-state index in [0.29, 0.717) is 17.7 Å². The van der Waals surface area contributed by atoms with Gasteiger partial charge >= 0.3 is 11.9 Å². The van der Waals surface area contributed by atoms with Gasteiger partial charge < -0.3 is 22.2 Å². The van der Waals surface area contributed by atoms with Crippen molar-refractivity contribution in [3.8, 4) is 0 Å². The SMILES string of the molecule is [CH2-]CC/C=C1\S[C@H]([C@H](C(=O)O)[C@@H](C)O)N=C1C(=O)O. The first-order chi connectivity index (χ1) is 8.88. The predicted octanol–water partition coefficient (Wildman–Crippen LogP) is 1.16. The Labute approximate surface area is 115 Å². The number of rotatable bonds is 6. The van der Waals surface area contributed by atoms with Crippen LogP contribution in [-0.4, -0.2) is 44.4 Å². The summed E-state index contributed by atoms with van der Waals surface area (Å²) in [5, 5.41) is 26.8. The van der Waals surface area contributed by atoms with Crippen LogP contribution in [-0.2, 0) is 9.59 Å². The molecule has 0 spiro atoms. The van der Waals surface area contributed by atoms with Crippen molar-refractivity contribution in [3.05, 3.63) is 17.9 Å². The molecule has 0 aliphatic carbocycles. The number of carboxylic acid groups (broad SMARTS) is 2. The first-order valence-electron chi connectivity index (χ1n) is 5.76. The molecule has 6 nitrogen and oxygen atoms in total. The zero-order valence-corrected chi connectivity index (χ0v) is 11.3. The minimum absolute atomic E-state index is 0.143. The largest absolute Gasteiger partial charge is 0.481 e. The number of carboxylic acids is 2. The Morgan fingerprint density at radius 3 is 2.58 bits per heavy atom. The normalized spacial score (nSPS) is 24.1. The second kappa shape index (κ2) is 6.72. The zero-order valence-electron chi connectivity index (χ0n) is 10.4. The van der Waals surface area contributed by atoms with Gasteiger partial charge in [-0.2, -0.15) is 6.42 Å². The number of unbranched alkanes of at least 4 members (excludes halogenated alkanes) is 1. The van der Waals surface area contributed by atoms with Crippen molar-refractivity contribution >= 4 is 29.4 Å². The Hall–Kier alpha value is -1.34. The summed E-state index contributed by atoms with van der Waals surface area (Å²) in [6, 6.07) is 0. The predicted molar refractivity (Wildman–Crippen MR) is 71.9 cm³/mol. The van der Waals surface area contributed by atoms with Crippen molar-refractivity contribution in [2.24, 2.45) is 10.9 Å². The quantitative estimate of drug-likeness (QED) is 0.633. The first-order valence-corrected chi connectivity index (χ1v) is 6.64. The van der Waals surface area contributed by atoms with Crippen LogP contribution >= 0.6 is 11.8 Å². The number of aliphatic hydroxyl groups excluding tert-OH is 1. The number of thioether (sulfide) groups is 1. The van der Waals surface area contributed by atoms with Gasteiger partial charge in [-0.1, -0.05) is 24.3 Å². The fourth-order valence-corrected chi connectivity index (χ4v) is 3.04. The van der Waals surface area contributed by atoms with E-state index in [1.807, 2.05) is 0 Å². The summed E-state index contributed by atoms with van der Waals surface area (Å²) in [5.41, 5.74) is -0.143. The molecule has 0 bridgehead atoms. The van der Waals surface area contributed by atoms with Crippen LogP contribution in [0.3, 0.4) is 0 Å². The molecule has 106 valence electrons. The molecular weight excluding hydrogens is 270 g/mol. The molecular formula is C12H16NO5S-. The summed E-state index contributed by atoms with van der Waals surface area (Å²) in [7, 11) is 0. The monoisotopic (exact) mass is 286 g/mol. The van der Waals surface area contributed by atoms with E-state index in [9.17, 15) is 14.7 Å². The second-order valence-corrected chi connectivity index (χ2v) is 5.27. The molecule has 0 aromatic rings. The van der Waals surface area contributed by atoms with Gasteiger partial charge in [0.2, 0.25) is 0 Å². The van der Waals surface area contributed by atoms with Crippen LogP contribution in [0.1, 0.15) is 19.8 Å². The lowest BCUT2D eigenvalue weighted by molar-refractivity contribution is -0.145. The Kier molecular flexibility index (Phi) is 5.56. The number of aliphatic carboxylic acids is 2. The molecule has 0 radical (unpaired) electrons. The fraction of sp³-hybridized carbons (Fsp3) is 0.500. The lowest BCUT2D eigenvalue weighted by atomic mass is 10.0. The number of aliphatic hydroxyl groups is 1. The van der Waals surface area contributed by atoms with Gasteiger partial charge in [0.25, 0.3) is 0 Å². The molecule has 3 atom stereocenters. The van der Waals surface area contributed by atoms with Gasteiger partial charge in [0.15, 0.2) is 5.71 Å². The van der Waals surface area contributed by atoms with Gasteiger partial charge in [-0.05, 0) is 6.92 Å². The van der Waals surface area contributed by atoms with E-state index in [0.717, 1.165) is 11.8 Å². The third-order valence-electron chi connectivity index (χ3n) is 2.59. The Balaban J connectivity index is 3.01. The molecule has 1 aliphatic rings. The third kappa shape index (κ3) is 3.81. The van der Waals surface area contributed by atoms with Gasteiger partial charge in [0.1, 0.15) is 11.3 Å². The highest BCUT2D eigenvalue weighted by molar-refractivity contribution is 8.05. The first kappa shape index (κ1) is 15.7. The maximum absolute atomic E-state index is 11.1. The van der Waals surface area contributed by atoms with E-state index in [2.05, 4.69) is 11.9 Å². The Morgan fingerprint density at radius 2 is 2.16 bits per heavy atom. The van der Waals surface area contributed by atoms with Gasteiger partial charge in [0, 0.05) is 4.91 Å². The zero-order chi connectivity index (χ0) is 14.6. The maximum Gasteiger partial charge on any atom is 0.355 e. The van der Waals surface area contributed by atoms with Crippen LogP contribution in [0.4, 0.5) is 0 Å². The van der Waals surface area contributed by atoms with Crippen LogP contribution in [0.2, 0.25) is 0 Å². The molecule has 0 fully saturated rings. The lowest BCUT2D eigenvalue weighted by Gasteiger charge is -2.18. The molecule has 0 saturated carbocycles. The van der Waals surface area contributed by atoms with Crippen molar-refractivity contribution in [1.82, 2.24) is 0 Å². The third-order valence-corrected chi connectivity index (χ3v) is 3.84. The minimum Gasteiger partial charge on any atom is -0.481 e. The molecule has 7 heteroatoms. The molecule has 0 aromatic carbocycles. The number of hydrogen-bond acceptors (Lipinski definition) is 5. The highest BCUT2D eigenvalue weighted by atomic mass is 32.2. The van der Waals surface area contributed by atoms with Crippen molar-refractivity contribution in [2.45, 2.75) is 31.2 Å². The smallest absolute Gasteiger partial charge is 0.355 e. The van der Waals surface area contributed by atoms with Crippen molar-refractivity contribution in [2.75, 3.05) is 0 Å². The van der Waals surface area contributed by atoms with E-state index >= 15 is 0 Å². The number of hydrogen-bond donors (Lipinski definition) is 3. The van der Waals surface area contributed by atoms with Crippen molar-refractivity contribution in [3.63, 3.8) is 0 Å². The van der Waals surface area contributed by atoms with E-state index in [1.54, 1.807) is 6.08 Å². The molecule has 0 amide bonds. The number of nitrogens with zero attached hydrogens (tertiary/aromatic N) is 1. The van der Waals surface area contributed by atoms with Crippen molar-refractivity contribution in [1.29, 1.82) is 0 Å². The number of carbonyl (C=O) groups is 2. The highest BCUT2D eigenvalue weighted by Crippen LogP contribution is 2.37. The van der Waals surface area contributed by atoms with Crippen LogP contribution in [0.5, 0.6) is 0 Å². The highest BCUT2D eigenvalue weighted by Gasteiger charge is 2.39. The number of allylic oxidation sites excluding steroid dienone is 1. The molecule has 0 saturated heterocycles. The van der Waals surface area contributed by atoms with E-state index < -0.39 is 29.3 Å². The average molecular weight is 286 g/mol. The summed E-state index contributed by atoms with van der Waals surface area (Å²) < 4.78 is 0. The second-order valence-electron chi connectivity index (χ2n) is 4.11. The lowest BCUT2D eigenvalue weighted by Crippen LogP contribution is -2.33. The van der Waals surface area contributed by atoms with Gasteiger partial charge in [-0.25, -0.2) is 4.79 Å². The van der Waals surface area contributed by atoms with Gasteiger partial charge in [-0.15, -0.1) is 0 Å². The maximum atomic E-state index is 11.1. The van der Waals surface area contributed by atoms with Crippen LogP contribution in [0.15, 0.2) is 16.0 Å². The molecule has 19 heavy (non-hydrogen) atoms. The van der Waals surface area contributed by atoms with E-state index in [4.69, 9.17) is 10.2 Å². The molecule has 3 N–H and O–H groups in total. The summed E-state index contributed by atoms with van der Waals surface area (Å²) >= 11 is 1.06. The topological polar surface area (TPSA) is 107 Å². The van der Waals surface area contributed by atoms with Crippen LogP contribution in [0, 0.1) is 12.8 Å². The van der Waals surface area contributed by atoms with Crippen LogP contribution < -0.4 is 0 Å². The van der Waals surface area contributed by atoms with Crippen molar-refractivity contribution < 1.29 is 24.9 Å². The van der Waals surface area contributed by atoms with Gasteiger partial charge in [-0.3, -0.25) is 9.79 Å². The fourth-order valence-electron chi connectivity index (χ4n) is 1.66. The average Bonchev–Trinajstić information content (AvgIpc) is 2.69. The molecule has 1 rings (SSSR count). The summed E-state index contributed by atoms with van der Waals surface area (Å²) in [6.07, 6.45) is 1.78. The Bertz CT molecular complexity index is 430. The summed E-state index contributed by atoms with van der Waals surface area (Å²) in [6.45, 7) is 5.01. The molecule has 0 unspecified atom stereocenters. The van der Waals surface area contributed by atoms with Crippen LogP contribution in [0.25, 0.3) is 0 Å². The van der Waals surface area contributed by atoms with Gasteiger partial charge in [0.05, 0.1) is 6.10 Å². The summed E-state index contributed by atoms with van der Waals surface area (Å²) in [5.74, 6) is -3.52. The standard InChI is InChI=1S/C12H16NO5S/c1-3-4-5-7-9(12(17)18)13-10(19-7)8(6(2)14)11(15)16/h5-6,8,10,14H,1,3-4H2,2H3,(H,15,16)(H,17,18)/q-1/b7-5-/t6-,8-,10-/m1/s1. The number of aliphatic imine (C=N–C) groups is 1. The minimum atomic E-state index is -1.20. The Morgan fingerprint density at radius 1 is 1.53 bits per heavy atom. The summed E-state index contributed by atoms with van der Waals surface area (Å²) in [4.78, 5) is 26.5. The molecule has 0 aromatic heterocycles. The van der Waals surface area contributed by atoms with E-state index in [-0.39, 0.29) is 5.71 Å². The molecule has 1 heterocycles. The molecule has 1 aliphatic heterocycles. The van der Waals surface area contributed by atoms with E-state index in [1.165, 1.54) is 6.92 Å².